The summed E-state index contributed by atoms with van der Waals surface area (Å²) in [6, 6.07) is 18.2. The topological polar surface area (TPSA) is 70.4 Å². The SMILES string of the molecule is O=C(Nc1ccccc1-c1nc2c(CN3CCNCC3)cccc2o1)c1ccc(Cl)cc1Cl. The molecule has 1 fully saturated rings. The van der Waals surface area contributed by atoms with Gasteiger partial charge in [-0.2, -0.15) is 0 Å². The van der Waals surface area contributed by atoms with Crippen LogP contribution in [0.1, 0.15) is 15.9 Å². The number of hydrogen-bond acceptors (Lipinski definition) is 5. The van der Waals surface area contributed by atoms with Gasteiger partial charge in [0.25, 0.3) is 5.91 Å². The van der Waals surface area contributed by atoms with Crippen molar-refractivity contribution in [2.24, 2.45) is 0 Å². The molecule has 168 valence electrons. The Morgan fingerprint density at radius 3 is 2.70 bits per heavy atom. The third-order valence-electron chi connectivity index (χ3n) is 5.69. The van der Waals surface area contributed by atoms with Crippen LogP contribution in [0, 0.1) is 0 Å². The summed E-state index contributed by atoms with van der Waals surface area (Å²) in [4.78, 5) is 20.1. The second kappa shape index (κ2) is 9.53. The van der Waals surface area contributed by atoms with E-state index in [1.807, 2.05) is 36.4 Å². The van der Waals surface area contributed by atoms with Crippen LogP contribution in [0.4, 0.5) is 5.69 Å². The van der Waals surface area contributed by atoms with E-state index in [0.717, 1.165) is 49.4 Å². The van der Waals surface area contributed by atoms with Crippen molar-refractivity contribution in [3.63, 3.8) is 0 Å². The highest BCUT2D eigenvalue weighted by Crippen LogP contribution is 2.32. The summed E-state index contributed by atoms with van der Waals surface area (Å²) in [7, 11) is 0. The molecule has 8 heteroatoms. The zero-order valence-corrected chi connectivity index (χ0v) is 19.3. The normalized spacial score (nSPS) is 14.5. The molecule has 1 amide bonds. The molecule has 6 nitrogen and oxygen atoms in total. The molecular weight excluding hydrogens is 459 g/mol. The maximum Gasteiger partial charge on any atom is 0.257 e. The summed E-state index contributed by atoms with van der Waals surface area (Å²) in [5.41, 5.74) is 4.31. The van der Waals surface area contributed by atoms with Crippen LogP contribution in [0.15, 0.2) is 65.1 Å². The molecule has 1 aromatic heterocycles. The third-order valence-corrected chi connectivity index (χ3v) is 6.24. The molecule has 33 heavy (non-hydrogen) atoms. The Bertz CT molecular complexity index is 1320. The van der Waals surface area contributed by atoms with Crippen LogP contribution in [0.25, 0.3) is 22.6 Å². The first-order chi connectivity index (χ1) is 16.1. The van der Waals surface area contributed by atoms with E-state index >= 15 is 0 Å². The Labute approximate surface area is 201 Å². The fourth-order valence-electron chi connectivity index (χ4n) is 4.00. The first-order valence-electron chi connectivity index (χ1n) is 10.8. The number of piperazine rings is 1. The maximum absolute atomic E-state index is 12.9. The Hall–Kier alpha value is -2.90. The number of oxazole rings is 1. The van der Waals surface area contributed by atoms with E-state index in [1.54, 1.807) is 18.2 Å². The lowest BCUT2D eigenvalue weighted by molar-refractivity contribution is 0.102. The predicted octanol–water partition coefficient (Wildman–Crippen LogP) is 5.46. The highest BCUT2D eigenvalue weighted by atomic mass is 35.5. The van der Waals surface area contributed by atoms with Crippen LogP contribution in [0.2, 0.25) is 10.0 Å². The third kappa shape index (κ3) is 4.75. The smallest absolute Gasteiger partial charge is 0.257 e. The fourth-order valence-corrected chi connectivity index (χ4v) is 4.49. The second-order valence-electron chi connectivity index (χ2n) is 7.93. The van der Waals surface area contributed by atoms with Crippen molar-refractivity contribution in [3.05, 3.63) is 81.8 Å². The quantitative estimate of drug-likeness (QED) is 0.396. The van der Waals surface area contributed by atoms with E-state index in [2.05, 4.69) is 21.6 Å². The molecule has 4 aromatic rings. The summed E-state index contributed by atoms with van der Waals surface area (Å²) < 4.78 is 6.11. The van der Waals surface area contributed by atoms with Crippen LogP contribution in [0.3, 0.4) is 0 Å². The first kappa shape index (κ1) is 21.9. The Morgan fingerprint density at radius 1 is 1.06 bits per heavy atom. The van der Waals surface area contributed by atoms with Gasteiger partial charge in [0.1, 0.15) is 5.52 Å². The van der Waals surface area contributed by atoms with Gasteiger partial charge in [-0.3, -0.25) is 9.69 Å². The van der Waals surface area contributed by atoms with Crippen molar-refractivity contribution >= 4 is 45.9 Å². The predicted molar refractivity (Wildman–Crippen MR) is 132 cm³/mol. The zero-order valence-electron chi connectivity index (χ0n) is 17.8. The molecule has 1 saturated heterocycles. The second-order valence-corrected chi connectivity index (χ2v) is 8.78. The van der Waals surface area contributed by atoms with Crippen LogP contribution < -0.4 is 10.6 Å². The van der Waals surface area contributed by atoms with Gasteiger partial charge in [-0.25, -0.2) is 4.98 Å². The highest BCUT2D eigenvalue weighted by Gasteiger charge is 2.19. The summed E-state index contributed by atoms with van der Waals surface area (Å²) in [5, 5.41) is 7.07. The number of fused-ring (bicyclic) bond motifs is 1. The fraction of sp³-hybridized carbons (Fsp3) is 0.200. The number of anilines is 1. The molecule has 2 N–H and O–H groups in total. The maximum atomic E-state index is 12.9. The van der Waals surface area contributed by atoms with Crippen molar-refractivity contribution in [2.45, 2.75) is 6.54 Å². The number of benzene rings is 3. The van der Waals surface area contributed by atoms with Crippen molar-refractivity contribution < 1.29 is 9.21 Å². The number of carbonyl (C=O) groups excluding carboxylic acids is 1. The molecule has 0 unspecified atom stereocenters. The minimum atomic E-state index is -0.334. The van der Waals surface area contributed by atoms with Crippen molar-refractivity contribution in [3.8, 4) is 11.5 Å². The number of hydrogen-bond donors (Lipinski definition) is 2. The Balaban J connectivity index is 1.45. The van der Waals surface area contributed by atoms with Gasteiger partial charge in [0.2, 0.25) is 5.89 Å². The Kier molecular flexibility index (Phi) is 6.33. The highest BCUT2D eigenvalue weighted by molar-refractivity contribution is 6.37. The first-order valence-corrected chi connectivity index (χ1v) is 11.5. The van der Waals surface area contributed by atoms with Crippen LogP contribution in [0.5, 0.6) is 0 Å². The van der Waals surface area contributed by atoms with Crippen molar-refractivity contribution in [2.75, 3.05) is 31.5 Å². The standard InChI is InChI=1S/C25H22Cl2N4O2/c26-17-8-9-18(20(27)14-17)24(32)29-21-6-2-1-5-19(21)25-30-23-16(4-3-7-22(23)33-25)15-31-12-10-28-11-13-31/h1-9,14,28H,10-13,15H2,(H,29,32). The van der Waals surface area contributed by atoms with Crippen molar-refractivity contribution in [1.82, 2.24) is 15.2 Å². The van der Waals surface area contributed by atoms with Gasteiger partial charge in [-0.15, -0.1) is 0 Å². The zero-order chi connectivity index (χ0) is 22.8. The van der Waals surface area contributed by atoms with Gasteiger partial charge in [-0.1, -0.05) is 47.5 Å². The number of halogens is 2. The largest absolute Gasteiger partial charge is 0.436 e. The minimum Gasteiger partial charge on any atom is -0.436 e. The minimum absolute atomic E-state index is 0.289. The van der Waals surface area contributed by atoms with E-state index in [0.29, 0.717) is 27.7 Å². The van der Waals surface area contributed by atoms with Gasteiger partial charge in [-0.05, 0) is 42.0 Å². The van der Waals surface area contributed by atoms with Gasteiger partial charge < -0.3 is 15.1 Å². The monoisotopic (exact) mass is 480 g/mol. The molecule has 3 aromatic carbocycles. The van der Waals surface area contributed by atoms with Gasteiger partial charge in [0, 0.05) is 37.7 Å². The molecule has 1 aliphatic rings. The molecule has 0 spiro atoms. The van der Waals surface area contributed by atoms with E-state index in [4.69, 9.17) is 32.6 Å². The van der Waals surface area contributed by atoms with E-state index < -0.39 is 0 Å². The molecule has 1 aliphatic heterocycles. The summed E-state index contributed by atoms with van der Waals surface area (Å²) >= 11 is 12.2. The van der Waals surface area contributed by atoms with Gasteiger partial charge in [0.15, 0.2) is 5.58 Å². The molecule has 0 aliphatic carbocycles. The molecule has 0 radical (unpaired) electrons. The number of nitrogens with zero attached hydrogens (tertiary/aromatic N) is 2. The van der Waals surface area contributed by atoms with Gasteiger partial charge >= 0.3 is 0 Å². The van der Waals surface area contributed by atoms with Gasteiger partial charge in [0.05, 0.1) is 21.8 Å². The number of amides is 1. The Morgan fingerprint density at radius 2 is 1.88 bits per heavy atom. The van der Waals surface area contributed by atoms with Crippen LogP contribution >= 0.6 is 23.2 Å². The molecule has 5 rings (SSSR count). The lowest BCUT2D eigenvalue weighted by atomic mass is 10.1. The number of rotatable bonds is 5. The summed E-state index contributed by atoms with van der Waals surface area (Å²) in [5.74, 6) is 0.121. The molecule has 0 bridgehead atoms. The van der Waals surface area contributed by atoms with E-state index in [1.165, 1.54) is 0 Å². The number of carbonyl (C=O) groups is 1. The average Bonchev–Trinajstić information content (AvgIpc) is 3.25. The van der Waals surface area contributed by atoms with Crippen LogP contribution in [-0.4, -0.2) is 42.0 Å². The summed E-state index contributed by atoms with van der Waals surface area (Å²) in [6.07, 6.45) is 0. The molecule has 2 heterocycles. The summed E-state index contributed by atoms with van der Waals surface area (Å²) in [6.45, 7) is 4.81. The average molecular weight is 481 g/mol. The molecule has 0 atom stereocenters. The van der Waals surface area contributed by atoms with E-state index in [-0.39, 0.29) is 10.9 Å². The lowest BCUT2D eigenvalue weighted by Gasteiger charge is -2.27. The van der Waals surface area contributed by atoms with Crippen molar-refractivity contribution in [1.29, 1.82) is 0 Å². The van der Waals surface area contributed by atoms with Crippen LogP contribution in [-0.2, 0) is 6.54 Å². The number of aromatic nitrogens is 1. The van der Waals surface area contributed by atoms with E-state index in [9.17, 15) is 4.79 Å². The molecule has 0 saturated carbocycles. The number of nitrogens with one attached hydrogen (secondary N) is 2. The molecular formula is C25H22Cl2N4O2. The lowest BCUT2D eigenvalue weighted by Crippen LogP contribution is -2.42. The number of para-hydroxylation sites is 2.